The lowest BCUT2D eigenvalue weighted by Gasteiger charge is -2.34. The Kier molecular flexibility index (Phi) is 5.76. The van der Waals surface area contributed by atoms with Gasteiger partial charge in [-0.2, -0.15) is 0 Å². The summed E-state index contributed by atoms with van der Waals surface area (Å²) in [7, 11) is 0. The average Bonchev–Trinajstić information content (AvgIpc) is 2.43. The van der Waals surface area contributed by atoms with Crippen LogP contribution in [0.5, 0.6) is 0 Å². The average molecular weight is 265 g/mol. The second-order valence-electron chi connectivity index (χ2n) is 5.17. The topological polar surface area (TPSA) is 32.5 Å². The summed E-state index contributed by atoms with van der Waals surface area (Å²) in [4.78, 5) is 4.88. The van der Waals surface area contributed by atoms with Crippen LogP contribution in [0.2, 0.25) is 0 Å². The van der Waals surface area contributed by atoms with Crippen molar-refractivity contribution in [1.29, 1.82) is 0 Å². The van der Waals surface area contributed by atoms with Crippen LogP contribution in [-0.2, 0) is 6.42 Å². The maximum Gasteiger partial charge on any atom is 0.126 e. The van der Waals surface area contributed by atoms with Crippen LogP contribution in [0.1, 0.15) is 12.0 Å². The number of rotatable bonds is 6. The van der Waals surface area contributed by atoms with Crippen molar-refractivity contribution in [2.75, 3.05) is 45.8 Å². The second-order valence-corrected chi connectivity index (χ2v) is 5.17. The molecule has 0 aromatic heterocycles. The van der Waals surface area contributed by atoms with Gasteiger partial charge >= 0.3 is 0 Å². The summed E-state index contributed by atoms with van der Waals surface area (Å²) in [6.07, 6.45) is 1.85. The Labute approximate surface area is 115 Å². The number of nitrogens with zero attached hydrogens (tertiary/aromatic N) is 2. The van der Waals surface area contributed by atoms with Gasteiger partial charge in [0.25, 0.3) is 0 Å². The number of hydrogen-bond acceptors (Lipinski definition) is 3. The molecule has 0 bridgehead atoms. The van der Waals surface area contributed by atoms with Crippen LogP contribution in [0.3, 0.4) is 0 Å². The Bertz CT molecular complexity index is 375. The van der Waals surface area contributed by atoms with E-state index in [0.717, 1.165) is 64.2 Å². The number of piperazine rings is 1. The molecule has 0 amide bonds. The molecule has 0 spiro atoms. The fraction of sp³-hybridized carbons (Fsp3) is 0.600. The number of nitrogens with two attached hydrogens (primary N) is 1. The van der Waals surface area contributed by atoms with Crippen molar-refractivity contribution in [3.63, 3.8) is 0 Å². The van der Waals surface area contributed by atoms with Crippen molar-refractivity contribution in [2.45, 2.75) is 12.8 Å². The summed E-state index contributed by atoms with van der Waals surface area (Å²) < 4.78 is 13.5. The fourth-order valence-corrected chi connectivity index (χ4v) is 2.61. The number of benzene rings is 1. The molecule has 19 heavy (non-hydrogen) atoms. The van der Waals surface area contributed by atoms with Crippen LogP contribution >= 0.6 is 0 Å². The van der Waals surface area contributed by atoms with Gasteiger partial charge in [-0.15, -0.1) is 0 Å². The van der Waals surface area contributed by atoms with Gasteiger partial charge in [-0.3, -0.25) is 4.90 Å². The summed E-state index contributed by atoms with van der Waals surface area (Å²) >= 11 is 0. The minimum Gasteiger partial charge on any atom is -0.329 e. The van der Waals surface area contributed by atoms with Gasteiger partial charge in [-0.05, 0) is 31.0 Å². The zero-order valence-electron chi connectivity index (χ0n) is 11.5. The SMILES string of the molecule is NCCN1CCN(CCCc2ccccc2F)CC1. The second kappa shape index (κ2) is 7.58. The van der Waals surface area contributed by atoms with Gasteiger partial charge in [-0.1, -0.05) is 18.2 Å². The van der Waals surface area contributed by atoms with Gasteiger partial charge in [0, 0.05) is 39.3 Å². The predicted octanol–water partition coefficient (Wildman–Crippen LogP) is 1.33. The lowest BCUT2D eigenvalue weighted by Crippen LogP contribution is -2.47. The van der Waals surface area contributed by atoms with Crippen LogP contribution in [0, 0.1) is 5.82 Å². The molecule has 1 aromatic rings. The molecule has 2 N–H and O–H groups in total. The zero-order valence-corrected chi connectivity index (χ0v) is 11.5. The summed E-state index contributed by atoms with van der Waals surface area (Å²) in [5.74, 6) is -0.0738. The normalized spacial score (nSPS) is 17.8. The van der Waals surface area contributed by atoms with E-state index >= 15 is 0 Å². The van der Waals surface area contributed by atoms with E-state index < -0.39 is 0 Å². The molecule has 106 valence electrons. The molecule has 0 aliphatic carbocycles. The number of hydrogen-bond donors (Lipinski definition) is 1. The third-order valence-electron chi connectivity index (χ3n) is 3.79. The van der Waals surface area contributed by atoms with E-state index in [1.807, 2.05) is 12.1 Å². The highest BCUT2D eigenvalue weighted by Crippen LogP contribution is 2.10. The highest BCUT2D eigenvalue weighted by molar-refractivity contribution is 5.17. The Hall–Kier alpha value is -0.970. The molecule has 0 atom stereocenters. The van der Waals surface area contributed by atoms with E-state index in [2.05, 4.69) is 9.80 Å². The Morgan fingerprint density at radius 2 is 1.63 bits per heavy atom. The summed E-state index contributed by atoms with van der Waals surface area (Å²) in [5, 5.41) is 0. The van der Waals surface area contributed by atoms with Gasteiger partial charge < -0.3 is 10.6 Å². The van der Waals surface area contributed by atoms with Crippen molar-refractivity contribution in [3.05, 3.63) is 35.6 Å². The van der Waals surface area contributed by atoms with Crippen molar-refractivity contribution in [3.8, 4) is 0 Å². The zero-order chi connectivity index (χ0) is 13.5. The minimum absolute atomic E-state index is 0.0738. The molecule has 1 fully saturated rings. The first kappa shape index (κ1) is 14.4. The Morgan fingerprint density at radius 1 is 1.00 bits per heavy atom. The van der Waals surface area contributed by atoms with Crippen LogP contribution in [0.15, 0.2) is 24.3 Å². The van der Waals surface area contributed by atoms with Crippen LogP contribution in [0.25, 0.3) is 0 Å². The molecule has 3 nitrogen and oxygen atoms in total. The first-order valence-corrected chi connectivity index (χ1v) is 7.18. The molecule has 1 saturated heterocycles. The van der Waals surface area contributed by atoms with Crippen LogP contribution in [-0.4, -0.2) is 55.6 Å². The Balaban J connectivity index is 1.66. The van der Waals surface area contributed by atoms with E-state index in [9.17, 15) is 4.39 Å². The smallest absolute Gasteiger partial charge is 0.126 e. The monoisotopic (exact) mass is 265 g/mol. The summed E-state index contributed by atoms with van der Waals surface area (Å²) in [6.45, 7) is 7.24. The van der Waals surface area contributed by atoms with E-state index in [0.29, 0.717) is 0 Å². The number of aryl methyl sites for hydroxylation is 1. The maximum absolute atomic E-state index is 13.5. The van der Waals surface area contributed by atoms with E-state index in [1.165, 1.54) is 0 Å². The van der Waals surface area contributed by atoms with Crippen molar-refractivity contribution in [1.82, 2.24) is 9.80 Å². The summed E-state index contributed by atoms with van der Waals surface area (Å²) in [6, 6.07) is 7.08. The Morgan fingerprint density at radius 3 is 2.26 bits per heavy atom. The third kappa shape index (κ3) is 4.56. The van der Waals surface area contributed by atoms with E-state index in [-0.39, 0.29) is 5.82 Å². The van der Waals surface area contributed by atoms with Crippen molar-refractivity contribution in [2.24, 2.45) is 5.73 Å². The van der Waals surface area contributed by atoms with Gasteiger partial charge in [0.2, 0.25) is 0 Å². The fourth-order valence-electron chi connectivity index (χ4n) is 2.61. The lowest BCUT2D eigenvalue weighted by atomic mass is 10.1. The van der Waals surface area contributed by atoms with Gasteiger partial charge in [0.1, 0.15) is 5.82 Å². The summed E-state index contributed by atoms with van der Waals surface area (Å²) in [5.41, 5.74) is 6.40. The maximum atomic E-state index is 13.5. The molecule has 0 saturated carbocycles. The first-order chi connectivity index (χ1) is 9.29. The lowest BCUT2D eigenvalue weighted by molar-refractivity contribution is 0.134. The van der Waals surface area contributed by atoms with Gasteiger partial charge in [0.15, 0.2) is 0 Å². The molecule has 1 aliphatic rings. The van der Waals surface area contributed by atoms with Crippen molar-refractivity contribution < 1.29 is 4.39 Å². The predicted molar refractivity (Wildman–Crippen MR) is 76.7 cm³/mol. The molecule has 1 heterocycles. The molecule has 4 heteroatoms. The third-order valence-corrected chi connectivity index (χ3v) is 3.79. The van der Waals surface area contributed by atoms with E-state index in [4.69, 9.17) is 5.73 Å². The quantitative estimate of drug-likeness (QED) is 0.842. The van der Waals surface area contributed by atoms with Crippen LogP contribution in [0.4, 0.5) is 4.39 Å². The molecular formula is C15H24FN3. The van der Waals surface area contributed by atoms with Crippen molar-refractivity contribution >= 4 is 0 Å². The molecular weight excluding hydrogens is 241 g/mol. The molecule has 0 radical (unpaired) electrons. The molecule has 1 aliphatic heterocycles. The molecule has 2 rings (SSSR count). The highest BCUT2D eigenvalue weighted by atomic mass is 19.1. The standard InChI is InChI=1S/C15H24FN3/c16-15-6-2-1-4-14(15)5-3-8-18-10-12-19(9-7-17)13-11-18/h1-2,4,6H,3,5,7-13,17H2. The van der Waals surface area contributed by atoms with Gasteiger partial charge in [-0.25, -0.2) is 4.39 Å². The number of halogens is 1. The van der Waals surface area contributed by atoms with Gasteiger partial charge in [0.05, 0.1) is 0 Å². The molecule has 0 unspecified atom stereocenters. The van der Waals surface area contributed by atoms with E-state index in [1.54, 1.807) is 12.1 Å². The van der Waals surface area contributed by atoms with Crippen LogP contribution < -0.4 is 5.73 Å². The highest BCUT2D eigenvalue weighted by Gasteiger charge is 2.15. The molecule has 1 aromatic carbocycles. The largest absolute Gasteiger partial charge is 0.329 e. The first-order valence-electron chi connectivity index (χ1n) is 7.18. The minimum atomic E-state index is -0.0738.